The molecule has 0 aromatic heterocycles. The Labute approximate surface area is 205 Å². The zero-order valence-electron chi connectivity index (χ0n) is 21.0. The van der Waals surface area contributed by atoms with Gasteiger partial charge in [0.15, 0.2) is 0 Å². The number of alkyl carbamates (subject to hydrolysis) is 2. The Hall–Kier alpha value is -3.68. The first-order valence-corrected chi connectivity index (χ1v) is 11.9. The van der Waals surface area contributed by atoms with Crippen molar-refractivity contribution in [1.29, 1.82) is 0 Å². The third-order valence-electron chi connectivity index (χ3n) is 5.77. The molecule has 0 saturated heterocycles. The number of hydrogen-bond acceptors (Lipinski definition) is 6. The SMILES string of the molecule is CCC(COc1c2ccccc2c(OCC(CC)OC(=O)NC)c2cc(C)ccc12)OC(=O)NC. The minimum Gasteiger partial charge on any atom is -0.488 e. The van der Waals surface area contributed by atoms with Crippen molar-refractivity contribution in [3.63, 3.8) is 0 Å². The van der Waals surface area contributed by atoms with Gasteiger partial charge in [-0.15, -0.1) is 0 Å². The van der Waals surface area contributed by atoms with Crippen molar-refractivity contribution in [2.45, 2.75) is 45.8 Å². The van der Waals surface area contributed by atoms with Crippen LogP contribution in [0.25, 0.3) is 21.5 Å². The van der Waals surface area contributed by atoms with E-state index < -0.39 is 24.4 Å². The van der Waals surface area contributed by atoms with E-state index in [2.05, 4.69) is 16.7 Å². The monoisotopic (exact) mass is 482 g/mol. The van der Waals surface area contributed by atoms with Crippen LogP contribution in [0.3, 0.4) is 0 Å². The number of nitrogens with one attached hydrogen (secondary N) is 2. The Morgan fingerprint density at radius 2 is 1.20 bits per heavy atom. The molecule has 3 rings (SSSR count). The number of rotatable bonds is 10. The van der Waals surface area contributed by atoms with Crippen LogP contribution in [0.2, 0.25) is 0 Å². The van der Waals surface area contributed by atoms with Gasteiger partial charge in [-0.2, -0.15) is 0 Å². The molecule has 0 aliphatic rings. The van der Waals surface area contributed by atoms with E-state index in [-0.39, 0.29) is 13.2 Å². The van der Waals surface area contributed by atoms with Crippen molar-refractivity contribution in [2.24, 2.45) is 0 Å². The van der Waals surface area contributed by atoms with E-state index in [1.54, 1.807) is 0 Å². The molecule has 0 bridgehead atoms. The molecule has 0 aliphatic heterocycles. The molecule has 0 heterocycles. The Kier molecular flexibility index (Phi) is 9.00. The number of benzene rings is 3. The van der Waals surface area contributed by atoms with Gasteiger partial charge < -0.3 is 29.6 Å². The summed E-state index contributed by atoms with van der Waals surface area (Å²) in [6.45, 7) is 6.34. The fourth-order valence-corrected chi connectivity index (χ4v) is 3.77. The summed E-state index contributed by atoms with van der Waals surface area (Å²) in [5.41, 5.74) is 1.08. The molecule has 2 N–H and O–H groups in total. The van der Waals surface area contributed by atoms with Crippen molar-refractivity contribution in [1.82, 2.24) is 10.6 Å². The predicted molar refractivity (Wildman–Crippen MR) is 136 cm³/mol. The smallest absolute Gasteiger partial charge is 0.407 e. The van der Waals surface area contributed by atoms with Gasteiger partial charge in [-0.25, -0.2) is 9.59 Å². The maximum absolute atomic E-state index is 11.7. The van der Waals surface area contributed by atoms with E-state index in [0.29, 0.717) is 24.3 Å². The number of fused-ring (bicyclic) bond motifs is 2. The van der Waals surface area contributed by atoms with Crippen LogP contribution < -0.4 is 20.1 Å². The topological polar surface area (TPSA) is 95.1 Å². The van der Waals surface area contributed by atoms with E-state index in [1.165, 1.54) is 14.1 Å². The second-order valence-electron chi connectivity index (χ2n) is 8.25. The quantitative estimate of drug-likeness (QED) is 0.379. The fourth-order valence-electron chi connectivity index (χ4n) is 3.77. The maximum atomic E-state index is 11.7. The molecule has 2 amide bonds. The first kappa shape index (κ1) is 25.9. The zero-order valence-corrected chi connectivity index (χ0v) is 21.0. The van der Waals surface area contributed by atoms with Crippen LogP contribution in [-0.2, 0) is 9.47 Å². The molecule has 0 aliphatic carbocycles. The highest BCUT2D eigenvalue weighted by Crippen LogP contribution is 2.43. The molecule has 0 radical (unpaired) electrons. The maximum Gasteiger partial charge on any atom is 0.407 e. The first-order valence-electron chi connectivity index (χ1n) is 11.9. The molecular weight excluding hydrogens is 448 g/mol. The van der Waals surface area contributed by atoms with Gasteiger partial charge in [0.25, 0.3) is 0 Å². The number of carbonyl (C=O) groups is 2. The summed E-state index contributed by atoms with van der Waals surface area (Å²) in [4.78, 5) is 23.4. The van der Waals surface area contributed by atoms with E-state index in [1.807, 2.05) is 57.2 Å². The van der Waals surface area contributed by atoms with Crippen LogP contribution in [0.1, 0.15) is 32.3 Å². The van der Waals surface area contributed by atoms with Gasteiger partial charge in [0.2, 0.25) is 0 Å². The summed E-state index contributed by atoms with van der Waals surface area (Å²) in [5, 5.41) is 8.51. The van der Waals surface area contributed by atoms with E-state index in [0.717, 1.165) is 27.1 Å². The Bertz CT molecular complexity index is 1180. The number of hydrogen-bond donors (Lipinski definition) is 2. The van der Waals surface area contributed by atoms with E-state index in [4.69, 9.17) is 18.9 Å². The van der Waals surface area contributed by atoms with Crippen LogP contribution in [0, 0.1) is 6.92 Å². The molecule has 35 heavy (non-hydrogen) atoms. The van der Waals surface area contributed by atoms with Crippen molar-refractivity contribution in [3.05, 3.63) is 48.0 Å². The molecule has 0 saturated carbocycles. The highest BCUT2D eigenvalue weighted by atomic mass is 16.6. The lowest BCUT2D eigenvalue weighted by molar-refractivity contribution is 0.0641. The minimum absolute atomic E-state index is 0.217. The number of amides is 2. The average Bonchev–Trinajstić information content (AvgIpc) is 2.88. The van der Waals surface area contributed by atoms with Crippen molar-refractivity contribution in [3.8, 4) is 11.5 Å². The minimum atomic E-state index is -0.487. The average molecular weight is 483 g/mol. The molecule has 0 spiro atoms. The van der Waals surface area contributed by atoms with Crippen molar-refractivity contribution in [2.75, 3.05) is 27.3 Å². The third kappa shape index (κ3) is 6.26. The number of carbonyl (C=O) groups excluding carboxylic acids is 2. The summed E-state index contributed by atoms with van der Waals surface area (Å²) in [5.74, 6) is 1.41. The van der Waals surface area contributed by atoms with Crippen LogP contribution in [0.4, 0.5) is 9.59 Å². The lowest BCUT2D eigenvalue weighted by Crippen LogP contribution is -2.30. The van der Waals surface area contributed by atoms with E-state index >= 15 is 0 Å². The van der Waals surface area contributed by atoms with Gasteiger partial charge in [-0.1, -0.05) is 55.8 Å². The van der Waals surface area contributed by atoms with Crippen LogP contribution in [0.15, 0.2) is 42.5 Å². The number of ether oxygens (including phenoxy) is 4. The molecule has 8 heteroatoms. The summed E-state index contributed by atoms with van der Waals surface area (Å²) < 4.78 is 23.4. The highest BCUT2D eigenvalue weighted by molar-refractivity contribution is 6.11. The van der Waals surface area contributed by atoms with Crippen molar-refractivity contribution >= 4 is 33.7 Å². The third-order valence-corrected chi connectivity index (χ3v) is 5.77. The molecule has 188 valence electrons. The Morgan fingerprint density at radius 3 is 1.66 bits per heavy atom. The van der Waals surface area contributed by atoms with Gasteiger partial charge in [0.05, 0.1) is 0 Å². The molecular formula is C27H34N2O6. The molecule has 2 unspecified atom stereocenters. The second kappa shape index (κ2) is 12.1. The van der Waals surface area contributed by atoms with Crippen LogP contribution in [-0.4, -0.2) is 51.7 Å². The molecule has 8 nitrogen and oxygen atoms in total. The van der Waals surface area contributed by atoms with Gasteiger partial charge in [0.1, 0.15) is 36.9 Å². The molecule has 3 aromatic carbocycles. The van der Waals surface area contributed by atoms with Gasteiger partial charge >= 0.3 is 12.2 Å². The largest absolute Gasteiger partial charge is 0.488 e. The summed E-state index contributed by atoms with van der Waals surface area (Å²) in [7, 11) is 3.06. The summed E-state index contributed by atoms with van der Waals surface area (Å²) >= 11 is 0. The van der Waals surface area contributed by atoms with Crippen LogP contribution >= 0.6 is 0 Å². The van der Waals surface area contributed by atoms with E-state index in [9.17, 15) is 9.59 Å². The Morgan fingerprint density at radius 1 is 0.743 bits per heavy atom. The molecule has 0 fully saturated rings. The normalized spacial score (nSPS) is 12.6. The highest BCUT2D eigenvalue weighted by Gasteiger charge is 2.20. The lowest BCUT2D eigenvalue weighted by atomic mass is 9.99. The summed E-state index contributed by atoms with van der Waals surface area (Å²) in [6.07, 6.45) is -0.521. The van der Waals surface area contributed by atoms with Gasteiger partial charge in [0, 0.05) is 35.6 Å². The van der Waals surface area contributed by atoms with Crippen molar-refractivity contribution < 1.29 is 28.5 Å². The zero-order chi connectivity index (χ0) is 25.4. The van der Waals surface area contributed by atoms with Gasteiger partial charge in [-0.05, 0) is 25.8 Å². The first-order chi connectivity index (χ1) is 16.9. The summed E-state index contributed by atoms with van der Waals surface area (Å²) in [6, 6.07) is 14.0. The standard InChI is InChI=1S/C27H34N2O6/c1-6-18(34-26(30)28-4)15-32-24-20-10-8-9-11-21(20)25(23-14-17(3)12-13-22(23)24)33-16-19(7-2)35-27(31)29-5/h8-14,18-19H,6-7,15-16H2,1-5H3,(H,28,30)(H,29,31). The molecule has 2 atom stereocenters. The van der Waals surface area contributed by atoms with Crippen LogP contribution in [0.5, 0.6) is 11.5 Å². The molecule has 3 aromatic rings. The Balaban J connectivity index is 2.02. The second-order valence-corrected chi connectivity index (χ2v) is 8.25. The number of aryl methyl sites for hydroxylation is 1. The fraction of sp³-hybridized carbons (Fsp3) is 0.407. The lowest BCUT2D eigenvalue weighted by Gasteiger charge is -2.22. The van der Waals surface area contributed by atoms with Gasteiger partial charge in [-0.3, -0.25) is 0 Å². The predicted octanol–water partition coefficient (Wildman–Crippen LogP) is 5.33.